The lowest BCUT2D eigenvalue weighted by Gasteiger charge is -2.36. The molecule has 1 atom stereocenters. The normalized spacial score (nSPS) is 20.8. The number of hydrogen-bond donors (Lipinski definition) is 0. The number of carbonyl (C=O) groups excluding carboxylic acids is 1. The maximum atomic E-state index is 13.0. The molecule has 2 saturated heterocycles. The van der Waals surface area contributed by atoms with Crippen molar-refractivity contribution < 1.29 is 27.6 Å². The van der Waals surface area contributed by atoms with Crippen molar-refractivity contribution in [2.75, 3.05) is 37.7 Å². The molecule has 0 aromatic heterocycles. The van der Waals surface area contributed by atoms with Crippen LogP contribution >= 0.6 is 11.6 Å². The Morgan fingerprint density at radius 1 is 1.26 bits per heavy atom. The van der Waals surface area contributed by atoms with E-state index in [9.17, 15) is 28.1 Å². The molecule has 0 radical (unpaired) electrons. The molecule has 148 valence electrons. The molecule has 1 unspecified atom stereocenters. The molecule has 27 heavy (non-hydrogen) atoms. The number of nitro groups is 1. The Morgan fingerprint density at radius 2 is 1.93 bits per heavy atom. The zero-order valence-electron chi connectivity index (χ0n) is 14.2. The summed E-state index contributed by atoms with van der Waals surface area (Å²) in [5.41, 5.74) is -1.89. The highest BCUT2D eigenvalue weighted by atomic mass is 35.5. The first-order valence-corrected chi connectivity index (χ1v) is 8.76. The molecule has 1 amide bonds. The van der Waals surface area contributed by atoms with Crippen LogP contribution in [-0.2, 0) is 15.7 Å². The van der Waals surface area contributed by atoms with Gasteiger partial charge >= 0.3 is 6.18 Å². The van der Waals surface area contributed by atoms with Crippen molar-refractivity contribution in [2.45, 2.75) is 25.1 Å². The number of alkyl halides is 3. The first kappa shape index (κ1) is 19.7. The van der Waals surface area contributed by atoms with Gasteiger partial charge in [0.05, 0.1) is 15.5 Å². The van der Waals surface area contributed by atoms with Gasteiger partial charge in [0.2, 0.25) is 0 Å². The molecular formula is C16H17ClF3N3O4. The highest BCUT2D eigenvalue weighted by Crippen LogP contribution is 2.41. The monoisotopic (exact) mass is 407 g/mol. The molecule has 2 fully saturated rings. The Bertz CT molecular complexity index is 745. The Kier molecular flexibility index (Phi) is 5.48. The maximum Gasteiger partial charge on any atom is 0.418 e. The summed E-state index contributed by atoms with van der Waals surface area (Å²) < 4.78 is 44.3. The number of nitrogens with zero attached hydrogens (tertiary/aromatic N) is 3. The third-order valence-corrected chi connectivity index (χ3v) is 5.02. The number of carbonyl (C=O) groups is 1. The van der Waals surface area contributed by atoms with Gasteiger partial charge in [-0.3, -0.25) is 14.9 Å². The van der Waals surface area contributed by atoms with Crippen LogP contribution in [0.2, 0.25) is 5.02 Å². The van der Waals surface area contributed by atoms with E-state index in [0.717, 1.165) is 12.5 Å². The van der Waals surface area contributed by atoms with Gasteiger partial charge < -0.3 is 14.5 Å². The standard InChI is InChI=1S/C16H17ClF3N3O4/c17-11-9-12(13(23(25)26)8-10(11)16(18,19)20)21-3-5-22(6-4-21)15(24)14-2-1-7-27-14/h8-9,14H,1-7H2. The highest BCUT2D eigenvalue weighted by molar-refractivity contribution is 6.31. The van der Waals surface area contributed by atoms with E-state index in [-0.39, 0.29) is 24.7 Å². The molecule has 2 heterocycles. The predicted molar refractivity (Wildman–Crippen MR) is 90.9 cm³/mol. The van der Waals surface area contributed by atoms with E-state index >= 15 is 0 Å². The Morgan fingerprint density at radius 3 is 2.44 bits per heavy atom. The summed E-state index contributed by atoms with van der Waals surface area (Å²) >= 11 is 5.72. The quantitative estimate of drug-likeness (QED) is 0.568. The lowest BCUT2D eigenvalue weighted by Crippen LogP contribution is -2.51. The maximum absolute atomic E-state index is 13.0. The topological polar surface area (TPSA) is 75.9 Å². The second-order valence-corrected chi connectivity index (χ2v) is 6.80. The average Bonchev–Trinajstić information content (AvgIpc) is 3.14. The Balaban J connectivity index is 1.78. The minimum atomic E-state index is -4.78. The van der Waals surface area contributed by atoms with Gasteiger partial charge in [-0.25, -0.2) is 0 Å². The zero-order valence-corrected chi connectivity index (χ0v) is 14.9. The van der Waals surface area contributed by atoms with E-state index in [1.54, 1.807) is 9.80 Å². The van der Waals surface area contributed by atoms with Crippen LogP contribution in [-0.4, -0.2) is 54.6 Å². The number of nitro benzene ring substituents is 1. The minimum absolute atomic E-state index is 0.0159. The molecule has 0 N–H and O–H groups in total. The van der Waals surface area contributed by atoms with Crippen LogP contribution in [0.4, 0.5) is 24.5 Å². The SMILES string of the molecule is O=C(C1CCCO1)N1CCN(c2cc(Cl)c(C(F)(F)F)cc2[N+](=O)[O-])CC1. The van der Waals surface area contributed by atoms with Gasteiger partial charge in [-0.15, -0.1) is 0 Å². The molecule has 7 nitrogen and oxygen atoms in total. The van der Waals surface area contributed by atoms with E-state index in [2.05, 4.69) is 0 Å². The molecule has 0 spiro atoms. The fourth-order valence-corrected chi connectivity index (χ4v) is 3.58. The van der Waals surface area contributed by atoms with Gasteiger partial charge in [0, 0.05) is 38.9 Å². The van der Waals surface area contributed by atoms with Crippen molar-refractivity contribution in [1.82, 2.24) is 4.90 Å². The number of benzene rings is 1. The molecule has 3 rings (SSSR count). The zero-order chi connectivity index (χ0) is 19.8. The number of piperazine rings is 1. The van der Waals surface area contributed by atoms with Gasteiger partial charge in [0.1, 0.15) is 11.8 Å². The summed E-state index contributed by atoms with van der Waals surface area (Å²) in [5, 5.41) is 10.7. The summed E-state index contributed by atoms with van der Waals surface area (Å²) in [6.07, 6.45) is -3.75. The number of halogens is 4. The van der Waals surface area contributed by atoms with E-state index in [1.165, 1.54) is 0 Å². The first-order chi connectivity index (χ1) is 12.7. The molecule has 0 bridgehead atoms. The molecule has 0 aliphatic carbocycles. The predicted octanol–water partition coefficient (Wildman–Crippen LogP) is 3.09. The molecule has 2 aliphatic rings. The minimum Gasteiger partial charge on any atom is -0.368 e. The van der Waals surface area contributed by atoms with Crippen LogP contribution in [0.25, 0.3) is 0 Å². The number of ether oxygens (including phenoxy) is 1. The molecular weight excluding hydrogens is 391 g/mol. The van der Waals surface area contributed by atoms with Gasteiger partial charge in [-0.05, 0) is 18.9 Å². The lowest BCUT2D eigenvalue weighted by atomic mass is 10.1. The number of anilines is 1. The molecule has 0 saturated carbocycles. The lowest BCUT2D eigenvalue weighted by molar-refractivity contribution is -0.384. The van der Waals surface area contributed by atoms with Crippen LogP contribution in [0.5, 0.6) is 0 Å². The second kappa shape index (κ2) is 7.51. The van der Waals surface area contributed by atoms with E-state index in [4.69, 9.17) is 16.3 Å². The van der Waals surface area contributed by atoms with Crippen molar-refractivity contribution >= 4 is 28.9 Å². The summed E-state index contributed by atoms with van der Waals surface area (Å²) in [7, 11) is 0. The molecule has 1 aromatic rings. The van der Waals surface area contributed by atoms with Gasteiger partial charge in [0.15, 0.2) is 0 Å². The van der Waals surface area contributed by atoms with Crippen molar-refractivity contribution in [3.63, 3.8) is 0 Å². The van der Waals surface area contributed by atoms with Crippen molar-refractivity contribution in [3.8, 4) is 0 Å². The van der Waals surface area contributed by atoms with Crippen LogP contribution in [0.15, 0.2) is 12.1 Å². The first-order valence-electron chi connectivity index (χ1n) is 8.39. The van der Waals surface area contributed by atoms with Gasteiger partial charge in [0.25, 0.3) is 11.6 Å². The van der Waals surface area contributed by atoms with Gasteiger partial charge in [-0.2, -0.15) is 13.2 Å². The third-order valence-electron chi connectivity index (χ3n) is 4.70. The van der Waals surface area contributed by atoms with E-state index in [1.807, 2.05) is 0 Å². The van der Waals surface area contributed by atoms with Crippen LogP contribution in [0, 0.1) is 10.1 Å². The largest absolute Gasteiger partial charge is 0.418 e. The van der Waals surface area contributed by atoms with Crippen LogP contribution < -0.4 is 4.90 Å². The summed E-state index contributed by atoms with van der Waals surface area (Å²) in [4.78, 5) is 26.0. The molecule has 11 heteroatoms. The number of hydrogen-bond acceptors (Lipinski definition) is 5. The van der Waals surface area contributed by atoms with Crippen molar-refractivity contribution in [3.05, 3.63) is 32.8 Å². The smallest absolute Gasteiger partial charge is 0.368 e. The van der Waals surface area contributed by atoms with Crippen LogP contribution in [0.3, 0.4) is 0 Å². The highest BCUT2D eigenvalue weighted by Gasteiger charge is 2.37. The summed E-state index contributed by atoms with van der Waals surface area (Å²) in [5.74, 6) is -0.118. The van der Waals surface area contributed by atoms with E-state index in [0.29, 0.717) is 32.2 Å². The number of amides is 1. The Hall–Kier alpha value is -2.07. The van der Waals surface area contributed by atoms with E-state index < -0.39 is 33.5 Å². The average molecular weight is 408 g/mol. The number of rotatable bonds is 3. The third kappa shape index (κ3) is 4.11. The summed E-state index contributed by atoms with van der Waals surface area (Å²) in [6.45, 7) is 1.65. The molecule has 1 aromatic carbocycles. The van der Waals surface area contributed by atoms with Crippen LogP contribution in [0.1, 0.15) is 18.4 Å². The van der Waals surface area contributed by atoms with Crippen molar-refractivity contribution in [1.29, 1.82) is 0 Å². The fraction of sp³-hybridized carbons (Fsp3) is 0.562. The summed E-state index contributed by atoms with van der Waals surface area (Å²) in [6, 6.07) is 1.43. The van der Waals surface area contributed by atoms with Gasteiger partial charge in [-0.1, -0.05) is 11.6 Å². The fourth-order valence-electron chi connectivity index (χ4n) is 3.31. The Labute approximate surface area is 157 Å². The molecule has 2 aliphatic heterocycles. The second-order valence-electron chi connectivity index (χ2n) is 6.39. The van der Waals surface area contributed by atoms with Crippen molar-refractivity contribution in [2.24, 2.45) is 0 Å².